The molecule has 2 aromatic carbocycles. The van der Waals surface area contributed by atoms with E-state index in [0.717, 1.165) is 0 Å². The number of alkyl halides is 30. The fourth-order valence-electron chi connectivity index (χ4n) is 4.99. The number of halogens is 30. The van der Waals surface area contributed by atoms with E-state index < -0.39 is 130 Å². The van der Waals surface area contributed by atoms with Crippen LogP contribution in [-0.2, 0) is 9.53 Å². The summed E-state index contributed by atoms with van der Waals surface area (Å²) < 4.78 is 423. The molecule has 0 amide bonds. The van der Waals surface area contributed by atoms with Crippen molar-refractivity contribution in [2.45, 2.75) is 109 Å². The molecule has 0 bridgehead atoms. The lowest BCUT2D eigenvalue weighted by Gasteiger charge is -2.43. The number of aliphatic hydroxyl groups excluding tert-OH is 1. The second-order valence-corrected chi connectivity index (χ2v) is 12.8. The van der Waals surface area contributed by atoms with Gasteiger partial charge in [0.2, 0.25) is 0 Å². The van der Waals surface area contributed by atoms with Gasteiger partial charge >= 0.3 is 89.4 Å². The molecule has 3 nitrogen and oxygen atoms in total. The molecule has 0 spiro atoms. The first kappa shape index (κ1) is 55.9. The number of benzene rings is 2. The molecule has 1 N–H and O–H groups in total. The standard InChI is InChI=1S/C31H16F30O3/c1-2-15(62)64-17(19(34,35)21(38,39)23(42,43)25(46,47)27(50,51)29(54,55)31(59,60)61)14-10-6-4-8-12(14)11-7-3-5-9-13(11)16(63)18(32,33)20(36,37)22(40,41)24(44,45)26(48,49)28(52,53)30(56,57)58/h3-10,16-17,63H,2H2,1H3/t16-,17-/m1/s1. The highest BCUT2D eigenvalue weighted by atomic mass is 19.4. The van der Waals surface area contributed by atoms with Gasteiger partial charge in [-0.2, -0.15) is 132 Å². The number of esters is 1. The van der Waals surface area contributed by atoms with Crippen molar-refractivity contribution in [2.24, 2.45) is 0 Å². The summed E-state index contributed by atoms with van der Waals surface area (Å²) in [5.41, 5.74) is -8.65. The van der Waals surface area contributed by atoms with Crippen LogP contribution in [0.25, 0.3) is 11.1 Å². The largest absolute Gasteiger partial charge is 0.460 e. The monoisotopic (exact) mass is 1010 g/mol. The zero-order valence-electron chi connectivity index (χ0n) is 29.6. The summed E-state index contributed by atoms with van der Waals surface area (Å²) >= 11 is 0. The molecule has 0 radical (unpaired) electrons. The third-order valence-electron chi connectivity index (χ3n) is 8.70. The van der Waals surface area contributed by atoms with E-state index in [-0.39, 0.29) is 36.4 Å². The van der Waals surface area contributed by atoms with E-state index >= 15 is 26.3 Å². The fourth-order valence-corrected chi connectivity index (χ4v) is 4.99. The molecule has 0 aromatic heterocycles. The predicted octanol–water partition coefficient (Wildman–Crippen LogP) is 13.1. The Morgan fingerprint density at radius 1 is 0.422 bits per heavy atom. The first-order valence-electron chi connectivity index (χ1n) is 15.7. The number of rotatable bonds is 17. The molecule has 0 fully saturated rings. The van der Waals surface area contributed by atoms with Crippen LogP contribution >= 0.6 is 0 Å². The molecule has 64 heavy (non-hydrogen) atoms. The Bertz CT molecular complexity index is 2000. The van der Waals surface area contributed by atoms with Crippen molar-refractivity contribution < 1.29 is 146 Å². The zero-order chi connectivity index (χ0) is 51.1. The van der Waals surface area contributed by atoms with Crippen molar-refractivity contribution in [1.82, 2.24) is 0 Å². The Kier molecular flexibility index (Phi) is 14.0. The SMILES string of the molecule is CCC(=O)O[C@H](c1ccccc1-c1ccccc1[C@@H](O)C(F)(F)C(F)(F)C(F)(F)C(F)(F)C(F)(F)C(F)(F)C(F)(F)F)C(F)(F)C(F)(F)C(F)(F)C(F)(F)C(F)(F)C(F)(F)C(F)(F)F. The Labute approximate surface area is 332 Å². The maximum atomic E-state index is 15.7. The number of hydrogen-bond acceptors (Lipinski definition) is 3. The average molecular weight is 1010 g/mol. The first-order valence-corrected chi connectivity index (χ1v) is 15.7. The maximum absolute atomic E-state index is 15.7. The summed E-state index contributed by atoms with van der Waals surface area (Å²) in [6.45, 7) is 0.484. The second-order valence-electron chi connectivity index (χ2n) is 12.8. The lowest BCUT2D eigenvalue weighted by Crippen LogP contribution is -2.73. The minimum absolute atomic E-state index is 0.0779. The number of carbonyl (C=O) groups is 1. The molecule has 0 heterocycles. The van der Waals surface area contributed by atoms with Crippen LogP contribution < -0.4 is 0 Å². The molecule has 0 aliphatic carbocycles. The van der Waals surface area contributed by atoms with E-state index in [9.17, 15) is 115 Å². The molecule has 0 aliphatic heterocycles. The number of aliphatic hydroxyl groups is 1. The average Bonchev–Trinajstić information content (AvgIpc) is 3.14. The summed E-state index contributed by atoms with van der Waals surface area (Å²) in [5, 5.41) is 10.2. The smallest absolute Gasteiger partial charge is 0.451 e. The maximum Gasteiger partial charge on any atom is 0.460 e. The molecular weight excluding hydrogens is 990 g/mol. The minimum atomic E-state index is -8.95. The van der Waals surface area contributed by atoms with Crippen LogP contribution in [0.4, 0.5) is 132 Å². The molecule has 2 atom stereocenters. The lowest BCUT2D eigenvalue weighted by atomic mass is 9.83. The van der Waals surface area contributed by atoms with Gasteiger partial charge in [0.1, 0.15) is 6.10 Å². The molecule has 0 saturated carbocycles. The van der Waals surface area contributed by atoms with Gasteiger partial charge in [0, 0.05) is 12.0 Å². The molecule has 368 valence electrons. The Balaban J connectivity index is 3.01. The van der Waals surface area contributed by atoms with Gasteiger partial charge in [0.15, 0.2) is 6.10 Å². The molecule has 2 aromatic rings. The van der Waals surface area contributed by atoms with Crippen molar-refractivity contribution in [3.05, 3.63) is 59.7 Å². The van der Waals surface area contributed by atoms with Crippen molar-refractivity contribution in [2.75, 3.05) is 0 Å². The van der Waals surface area contributed by atoms with Gasteiger partial charge in [0.05, 0.1) is 0 Å². The normalized spacial score (nSPS) is 16.4. The van der Waals surface area contributed by atoms with Crippen LogP contribution in [-0.4, -0.2) is 94.5 Å². The number of hydrogen-bond donors (Lipinski definition) is 1. The third-order valence-corrected chi connectivity index (χ3v) is 8.70. The Morgan fingerprint density at radius 3 is 1.02 bits per heavy atom. The number of carbonyl (C=O) groups excluding carboxylic acids is 1. The van der Waals surface area contributed by atoms with Crippen molar-refractivity contribution in [3.63, 3.8) is 0 Å². The van der Waals surface area contributed by atoms with Crippen molar-refractivity contribution >= 4 is 5.97 Å². The van der Waals surface area contributed by atoms with E-state index in [1.807, 2.05) is 0 Å². The summed E-state index contributed by atoms with van der Waals surface area (Å²) in [4.78, 5) is 12.0. The fraction of sp³-hybridized carbons (Fsp3) is 0.581. The molecular formula is C31H16F30O3. The Morgan fingerprint density at radius 2 is 0.688 bits per heavy atom. The third kappa shape index (κ3) is 7.67. The van der Waals surface area contributed by atoms with Gasteiger partial charge in [-0.15, -0.1) is 0 Å². The van der Waals surface area contributed by atoms with Crippen LogP contribution in [0.3, 0.4) is 0 Å². The van der Waals surface area contributed by atoms with Crippen molar-refractivity contribution in [3.8, 4) is 11.1 Å². The highest BCUT2D eigenvalue weighted by Crippen LogP contribution is 2.66. The molecule has 0 saturated heterocycles. The molecule has 33 heteroatoms. The van der Waals surface area contributed by atoms with Crippen LogP contribution in [0.5, 0.6) is 0 Å². The zero-order valence-corrected chi connectivity index (χ0v) is 29.6. The van der Waals surface area contributed by atoms with Crippen molar-refractivity contribution in [1.29, 1.82) is 0 Å². The second kappa shape index (κ2) is 16.0. The lowest BCUT2D eigenvalue weighted by molar-refractivity contribution is -0.456. The first-order chi connectivity index (χ1) is 28.0. The van der Waals surface area contributed by atoms with Crippen LogP contribution in [0.1, 0.15) is 36.7 Å². The summed E-state index contributed by atoms with van der Waals surface area (Å²) in [6.07, 6.45) is -27.6. The van der Waals surface area contributed by atoms with Gasteiger partial charge in [-0.25, -0.2) is 0 Å². The van der Waals surface area contributed by atoms with E-state index in [1.165, 1.54) is 0 Å². The summed E-state index contributed by atoms with van der Waals surface area (Å²) in [5.74, 6) is -105. The van der Waals surface area contributed by atoms with Crippen LogP contribution in [0, 0.1) is 0 Å². The topological polar surface area (TPSA) is 46.5 Å². The van der Waals surface area contributed by atoms with E-state index in [1.54, 1.807) is 0 Å². The molecule has 0 aliphatic rings. The van der Waals surface area contributed by atoms with Crippen LogP contribution in [0.15, 0.2) is 48.5 Å². The number of ether oxygens (including phenoxy) is 1. The van der Waals surface area contributed by atoms with Crippen LogP contribution in [0.2, 0.25) is 0 Å². The highest BCUT2D eigenvalue weighted by Gasteiger charge is 2.95. The molecule has 2 rings (SSSR count). The summed E-state index contributed by atoms with van der Waals surface area (Å²) in [7, 11) is 0. The van der Waals surface area contributed by atoms with Gasteiger partial charge in [0.25, 0.3) is 0 Å². The van der Waals surface area contributed by atoms with E-state index in [0.29, 0.717) is 19.1 Å². The van der Waals surface area contributed by atoms with Gasteiger partial charge in [-0.05, 0) is 16.7 Å². The highest BCUT2D eigenvalue weighted by molar-refractivity contribution is 5.74. The van der Waals surface area contributed by atoms with Gasteiger partial charge in [-0.3, -0.25) is 4.79 Å². The molecule has 0 unspecified atom stereocenters. The van der Waals surface area contributed by atoms with E-state index in [2.05, 4.69) is 4.74 Å². The Hall–Kier alpha value is -4.23. The minimum Gasteiger partial charge on any atom is -0.451 e. The quantitative estimate of drug-likeness (QED) is 0.127. The van der Waals surface area contributed by atoms with E-state index in [4.69, 9.17) is 0 Å². The summed E-state index contributed by atoms with van der Waals surface area (Å²) in [6, 6.07) is 0.0678. The van der Waals surface area contributed by atoms with Gasteiger partial charge < -0.3 is 9.84 Å². The van der Waals surface area contributed by atoms with Gasteiger partial charge in [-0.1, -0.05) is 55.5 Å². The predicted molar refractivity (Wildman–Crippen MR) is 147 cm³/mol.